The molecule has 1 aromatic rings. The highest BCUT2D eigenvalue weighted by Gasteiger charge is 2.37. The molecule has 0 aromatic carbocycles. The maximum Gasteiger partial charge on any atom is 0.303 e. The van der Waals surface area contributed by atoms with Crippen molar-refractivity contribution in [2.75, 3.05) is 6.61 Å². The molecule has 2 unspecified atom stereocenters. The van der Waals surface area contributed by atoms with E-state index in [1.807, 2.05) is 19.1 Å². The zero-order chi connectivity index (χ0) is 12.3. The maximum absolute atomic E-state index is 10.5. The van der Waals surface area contributed by atoms with Crippen molar-refractivity contribution in [3.8, 4) is 0 Å². The van der Waals surface area contributed by atoms with E-state index in [9.17, 15) is 4.79 Å². The fourth-order valence-corrected chi connectivity index (χ4v) is 1.94. The summed E-state index contributed by atoms with van der Waals surface area (Å²) in [5.74, 6) is -0.722. The Hall–Kier alpha value is -1.33. The van der Waals surface area contributed by atoms with Crippen molar-refractivity contribution in [3.63, 3.8) is 0 Å². The summed E-state index contributed by atoms with van der Waals surface area (Å²) in [7, 11) is 0. The summed E-state index contributed by atoms with van der Waals surface area (Å²) in [6.07, 6.45) is 2.57. The van der Waals surface area contributed by atoms with Gasteiger partial charge in [-0.15, -0.1) is 0 Å². The van der Waals surface area contributed by atoms with Crippen molar-refractivity contribution < 1.29 is 23.8 Å². The quantitative estimate of drug-likeness (QED) is 0.850. The Morgan fingerprint density at radius 2 is 2.47 bits per heavy atom. The second kappa shape index (κ2) is 4.89. The van der Waals surface area contributed by atoms with Crippen LogP contribution in [0.25, 0.3) is 0 Å². The Morgan fingerprint density at radius 1 is 1.65 bits per heavy atom. The first kappa shape index (κ1) is 12.1. The van der Waals surface area contributed by atoms with E-state index in [1.165, 1.54) is 0 Å². The zero-order valence-electron chi connectivity index (χ0n) is 9.72. The average molecular weight is 240 g/mol. The molecule has 0 radical (unpaired) electrons. The Labute approximate surface area is 99.3 Å². The summed E-state index contributed by atoms with van der Waals surface area (Å²) < 4.78 is 16.6. The molecule has 1 aromatic heterocycles. The van der Waals surface area contributed by atoms with Crippen LogP contribution in [0.1, 0.15) is 25.5 Å². The minimum absolute atomic E-state index is 0.102. The lowest BCUT2D eigenvalue weighted by molar-refractivity contribution is -0.157. The van der Waals surface area contributed by atoms with Gasteiger partial charge in [0.2, 0.25) is 0 Å². The third-order valence-electron chi connectivity index (χ3n) is 2.75. The van der Waals surface area contributed by atoms with Gasteiger partial charge < -0.3 is 19.0 Å². The van der Waals surface area contributed by atoms with Crippen LogP contribution in [0, 0.1) is 0 Å². The highest BCUT2D eigenvalue weighted by Crippen LogP contribution is 2.29. The van der Waals surface area contributed by atoms with Crippen LogP contribution in [0.2, 0.25) is 0 Å². The summed E-state index contributed by atoms with van der Waals surface area (Å²) >= 11 is 0. The molecule has 2 rings (SSSR count). The fraction of sp³-hybridized carbons (Fsp3) is 0.583. The van der Waals surface area contributed by atoms with E-state index in [-0.39, 0.29) is 12.5 Å². The summed E-state index contributed by atoms with van der Waals surface area (Å²) in [6.45, 7) is 2.28. The lowest BCUT2D eigenvalue weighted by atomic mass is 10.2. The van der Waals surface area contributed by atoms with E-state index in [1.54, 1.807) is 6.26 Å². The van der Waals surface area contributed by atoms with Crippen LogP contribution >= 0.6 is 0 Å². The van der Waals surface area contributed by atoms with Gasteiger partial charge in [0.15, 0.2) is 5.79 Å². The van der Waals surface area contributed by atoms with Crippen molar-refractivity contribution in [2.24, 2.45) is 0 Å². The van der Waals surface area contributed by atoms with Gasteiger partial charge in [-0.25, -0.2) is 0 Å². The first-order chi connectivity index (χ1) is 8.07. The van der Waals surface area contributed by atoms with E-state index >= 15 is 0 Å². The number of carboxylic acid groups (broad SMARTS) is 1. The molecule has 17 heavy (non-hydrogen) atoms. The normalized spacial score (nSPS) is 28.4. The third kappa shape index (κ3) is 3.31. The summed E-state index contributed by atoms with van der Waals surface area (Å²) in [6, 6.07) is 3.68. The van der Waals surface area contributed by atoms with Crippen LogP contribution in [0.4, 0.5) is 0 Å². The number of carbonyl (C=O) groups is 1. The van der Waals surface area contributed by atoms with Crippen LogP contribution in [0.3, 0.4) is 0 Å². The molecule has 1 saturated heterocycles. The van der Waals surface area contributed by atoms with Gasteiger partial charge in [-0.05, 0) is 25.5 Å². The van der Waals surface area contributed by atoms with Crippen LogP contribution in [-0.2, 0) is 20.7 Å². The van der Waals surface area contributed by atoms with E-state index in [0.717, 1.165) is 5.76 Å². The number of aliphatic carboxylic acids is 1. The summed E-state index contributed by atoms with van der Waals surface area (Å²) in [4.78, 5) is 10.5. The molecule has 0 bridgehead atoms. The number of carboxylic acids is 1. The van der Waals surface area contributed by atoms with Gasteiger partial charge in [0.25, 0.3) is 0 Å². The largest absolute Gasteiger partial charge is 0.481 e. The highest BCUT2D eigenvalue weighted by molar-refractivity contribution is 5.66. The molecule has 0 spiro atoms. The number of hydrogen-bond donors (Lipinski definition) is 1. The molecule has 0 amide bonds. The second-order valence-corrected chi connectivity index (χ2v) is 4.37. The Balaban J connectivity index is 1.85. The lowest BCUT2D eigenvalue weighted by Crippen LogP contribution is -2.29. The summed E-state index contributed by atoms with van der Waals surface area (Å²) in [5.41, 5.74) is 0. The number of furan rings is 1. The molecule has 0 saturated carbocycles. The van der Waals surface area contributed by atoms with Crippen LogP contribution in [0.15, 0.2) is 22.8 Å². The summed E-state index contributed by atoms with van der Waals surface area (Å²) in [5, 5.41) is 8.60. The van der Waals surface area contributed by atoms with Crippen molar-refractivity contribution in [1.82, 2.24) is 0 Å². The van der Waals surface area contributed by atoms with E-state index < -0.39 is 11.8 Å². The minimum Gasteiger partial charge on any atom is -0.481 e. The minimum atomic E-state index is -0.812. The number of hydrogen-bond acceptors (Lipinski definition) is 4. The van der Waals surface area contributed by atoms with E-state index in [0.29, 0.717) is 19.4 Å². The molecule has 5 nitrogen and oxygen atoms in total. The number of ether oxygens (including phenoxy) is 2. The van der Waals surface area contributed by atoms with Crippen LogP contribution < -0.4 is 0 Å². The van der Waals surface area contributed by atoms with Gasteiger partial charge in [0, 0.05) is 6.42 Å². The monoisotopic (exact) mass is 240 g/mol. The fourth-order valence-electron chi connectivity index (χ4n) is 1.94. The van der Waals surface area contributed by atoms with Gasteiger partial charge in [-0.2, -0.15) is 0 Å². The molecule has 0 aliphatic carbocycles. The lowest BCUT2D eigenvalue weighted by Gasteiger charge is -2.22. The van der Waals surface area contributed by atoms with E-state index in [4.69, 9.17) is 19.0 Å². The Morgan fingerprint density at radius 3 is 3.12 bits per heavy atom. The van der Waals surface area contributed by atoms with Gasteiger partial charge in [-0.3, -0.25) is 4.79 Å². The second-order valence-electron chi connectivity index (χ2n) is 4.37. The van der Waals surface area contributed by atoms with Crippen LogP contribution in [0.5, 0.6) is 0 Å². The Kier molecular flexibility index (Phi) is 3.49. The van der Waals surface area contributed by atoms with Gasteiger partial charge in [0.1, 0.15) is 5.76 Å². The first-order valence-electron chi connectivity index (χ1n) is 5.63. The van der Waals surface area contributed by atoms with Crippen molar-refractivity contribution in [3.05, 3.63) is 24.2 Å². The topological polar surface area (TPSA) is 68.9 Å². The van der Waals surface area contributed by atoms with Crippen molar-refractivity contribution in [1.29, 1.82) is 0 Å². The molecule has 2 atom stereocenters. The van der Waals surface area contributed by atoms with Crippen molar-refractivity contribution >= 4 is 5.97 Å². The first-order valence-corrected chi connectivity index (χ1v) is 5.63. The van der Waals surface area contributed by atoms with Crippen LogP contribution in [-0.4, -0.2) is 29.6 Å². The SMILES string of the molecule is CC1(Cc2ccco2)OCC(CCC(=O)O)O1. The highest BCUT2D eigenvalue weighted by atomic mass is 16.7. The molecule has 1 N–H and O–H groups in total. The molecule has 94 valence electrons. The predicted molar refractivity (Wildman–Crippen MR) is 58.5 cm³/mol. The average Bonchev–Trinajstić information content (AvgIpc) is 2.86. The predicted octanol–water partition coefficient (Wildman–Crippen LogP) is 1.82. The molecule has 1 aliphatic rings. The standard InChI is InChI=1S/C12H16O5/c1-12(7-9-3-2-6-15-9)16-8-10(17-12)4-5-11(13)14/h2-3,6,10H,4-5,7-8H2,1H3,(H,13,14). The number of rotatable bonds is 5. The smallest absolute Gasteiger partial charge is 0.303 e. The van der Waals surface area contributed by atoms with Gasteiger partial charge >= 0.3 is 5.97 Å². The molecular weight excluding hydrogens is 224 g/mol. The third-order valence-corrected chi connectivity index (χ3v) is 2.75. The molecule has 1 fully saturated rings. The molecule has 5 heteroatoms. The Bertz CT molecular complexity index is 372. The maximum atomic E-state index is 10.5. The van der Waals surface area contributed by atoms with E-state index in [2.05, 4.69) is 0 Å². The van der Waals surface area contributed by atoms with Gasteiger partial charge in [0.05, 0.1) is 25.4 Å². The van der Waals surface area contributed by atoms with Gasteiger partial charge in [-0.1, -0.05) is 0 Å². The molecular formula is C12H16O5. The molecule has 2 heterocycles. The zero-order valence-corrected chi connectivity index (χ0v) is 9.72. The molecule has 1 aliphatic heterocycles. The van der Waals surface area contributed by atoms with Crippen molar-refractivity contribution in [2.45, 2.75) is 38.1 Å².